The van der Waals surface area contributed by atoms with E-state index in [2.05, 4.69) is 44.8 Å². The van der Waals surface area contributed by atoms with Crippen LogP contribution in [0.3, 0.4) is 0 Å². The van der Waals surface area contributed by atoms with Gasteiger partial charge in [0.25, 0.3) is 17.7 Å². The van der Waals surface area contributed by atoms with Gasteiger partial charge in [-0.3, -0.25) is 29.3 Å². The number of methoxy groups -OCH3 is 3. The lowest BCUT2D eigenvalue weighted by Crippen LogP contribution is -2.18. The predicted octanol–water partition coefficient (Wildman–Crippen LogP) is 9.16. The Bertz CT molecular complexity index is 2980. The Hall–Kier alpha value is -9.10. The van der Waals surface area contributed by atoms with Gasteiger partial charge in [0.05, 0.1) is 58.3 Å². The van der Waals surface area contributed by atoms with Gasteiger partial charge in [-0.05, 0) is 76.2 Å². The lowest BCUT2D eigenvalue weighted by atomic mass is 10.1. The number of benzene rings is 2. The number of amides is 3. The fourth-order valence-corrected chi connectivity index (χ4v) is 6.22. The van der Waals surface area contributed by atoms with Gasteiger partial charge in [-0.2, -0.15) is 0 Å². The second kappa shape index (κ2) is 24.1. The van der Waals surface area contributed by atoms with Crippen molar-refractivity contribution in [2.24, 2.45) is 5.73 Å². The highest BCUT2D eigenvalue weighted by Crippen LogP contribution is 2.42. The molecule has 73 heavy (non-hydrogen) atoms. The highest BCUT2D eigenvalue weighted by molar-refractivity contribution is 6.09. The molecule has 386 valence electrons. The van der Waals surface area contributed by atoms with Crippen LogP contribution in [0.1, 0.15) is 66.9 Å². The van der Waals surface area contributed by atoms with Crippen LogP contribution in [0.25, 0.3) is 0 Å². The van der Waals surface area contributed by atoms with Crippen LogP contribution >= 0.6 is 0 Å². The number of esters is 1. The zero-order chi connectivity index (χ0) is 53.6. The van der Waals surface area contributed by atoms with Gasteiger partial charge in [-0.15, -0.1) is 26.3 Å². The number of nitrogens with one attached hydrogen (secondary N) is 2. The largest absolute Gasteiger partial charge is 0.573 e. The molecule has 4 N–H and O–H groups in total. The molecule has 0 atom stereocenters. The fourth-order valence-electron chi connectivity index (χ4n) is 6.22. The maximum Gasteiger partial charge on any atom is 0.573 e. The third-order valence-corrected chi connectivity index (χ3v) is 9.25. The molecule has 3 amide bonds. The summed E-state index contributed by atoms with van der Waals surface area (Å²) < 4.78 is 121. The Morgan fingerprint density at radius 1 is 0.562 bits per heavy atom. The molecule has 0 aliphatic rings. The molecule has 4 aromatic heterocycles. The molecule has 0 unspecified atom stereocenters. The number of hydrogen-bond acceptors (Lipinski definition) is 17. The molecule has 0 aliphatic heterocycles. The Balaban J connectivity index is 0.000000271. The number of hydrogen-bond donors (Lipinski definition) is 3. The Kier molecular flexibility index (Phi) is 18.1. The number of halogens is 6. The number of alkyl halides is 6. The second-order valence-corrected chi connectivity index (χ2v) is 14.2. The fraction of sp³-hybridized carbons (Fsp3) is 0.234. The van der Waals surface area contributed by atoms with Gasteiger partial charge in [-0.25, -0.2) is 9.78 Å². The molecule has 0 fully saturated rings. The number of anilines is 2. The number of ether oxygens (including phenoxy) is 9. The lowest BCUT2D eigenvalue weighted by Gasteiger charge is -2.18. The number of primary amides is 1. The van der Waals surface area contributed by atoms with Crippen LogP contribution in [0.4, 0.5) is 37.7 Å². The highest BCUT2D eigenvalue weighted by Gasteiger charge is 2.33. The zero-order valence-electron chi connectivity index (χ0n) is 39.4. The molecule has 0 radical (unpaired) electrons. The van der Waals surface area contributed by atoms with E-state index >= 15 is 0 Å². The molecule has 6 aromatic rings. The molecule has 4 heterocycles. The van der Waals surface area contributed by atoms with E-state index in [1.54, 1.807) is 27.7 Å². The molecule has 20 nitrogen and oxygen atoms in total. The van der Waals surface area contributed by atoms with Crippen molar-refractivity contribution in [1.82, 2.24) is 19.9 Å². The van der Waals surface area contributed by atoms with Gasteiger partial charge in [0.1, 0.15) is 34.0 Å². The Morgan fingerprint density at radius 2 is 0.973 bits per heavy atom. The summed E-state index contributed by atoms with van der Waals surface area (Å²) in [6, 6.07) is 11.9. The van der Waals surface area contributed by atoms with Crippen LogP contribution in [0.5, 0.6) is 57.5 Å². The van der Waals surface area contributed by atoms with Gasteiger partial charge in [0, 0.05) is 35.9 Å². The van der Waals surface area contributed by atoms with E-state index in [1.165, 1.54) is 82.5 Å². The quantitative estimate of drug-likeness (QED) is 0.0536. The molecule has 0 spiro atoms. The maximum atomic E-state index is 13.4. The van der Waals surface area contributed by atoms with E-state index in [9.17, 15) is 45.5 Å². The van der Waals surface area contributed by atoms with E-state index < -0.39 is 47.9 Å². The number of pyridine rings is 4. The van der Waals surface area contributed by atoms with Gasteiger partial charge in [-0.1, -0.05) is 0 Å². The number of aromatic nitrogens is 4. The van der Waals surface area contributed by atoms with E-state index in [1.807, 2.05) is 0 Å². The third-order valence-electron chi connectivity index (χ3n) is 9.25. The molecule has 6 rings (SSSR count). The van der Waals surface area contributed by atoms with Crippen LogP contribution < -0.4 is 54.3 Å². The van der Waals surface area contributed by atoms with E-state index in [-0.39, 0.29) is 93.1 Å². The Morgan fingerprint density at radius 3 is 1.34 bits per heavy atom. The average Bonchev–Trinajstić information content (AvgIpc) is 3.33. The monoisotopic (exact) mass is 1030 g/mol. The predicted molar refractivity (Wildman–Crippen MR) is 244 cm³/mol. The van der Waals surface area contributed by atoms with Crippen LogP contribution in [0, 0.1) is 13.8 Å². The molecular formula is C47H43F6N7O13. The maximum absolute atomic E-state index is 13.4. The molecular weight excluding hydrogens is 985 g/mol. The summed E-state index contributed by atoms with van der Waals surface area (Å²) in [6.45, 7) is 7.05. The van der Waals surface area contributed by atoms with Gasteiger partial charge in [0.2, 0.25) is 0 Å². The van der Waals surface area contributed by atoms with E-state index in [4.69, 9.17) is 34.2 Å². The second-order valence-electron chi connectivity index (χ2n) is 14.2. The first-order valence-electron chi connectivity index (χ1n) is 21.0. The molecule has 0 saturated heterocycles. The minimum atomic E-state index is -4.90. The number of nitrogens with zero attached hydrogens (tertiary/aromatic N) is 4. The van der Waals surface area contributed by atoms with Gasteiger partial charge < -0.3 is 59.0 Å². The summed E-state index contributed by atoms with van der Waals surface area (Å²) in [4.78, 5) is 66.0. The van der Waals surface area contributed by atoms with Crippen molar-refractivity contribution in [2.75, 3.05) is 45.2 Å². The summed E-state index contributed by atoms with van der Waals surface area (Å²) in [6.07, 6.45) is -4.66. The average molecular weight is 1030 g/mol. The number of rotatable bonds is 18. The molecule has 2 aromatic carbocycles. The molecule has 0 aliphatic carbocycles. The van der Waals surface area contributed by atoms with Crippen molar-refractivity contribution in [3.05, 3.63) is 119 Å². The molecule has 26 heteroatoms. The summed E-state index contributed by atoms with van der Waals surface area (Å²) in [5, 5.41) is 5.26. The minimum absolute atomic E-state index is 0.0175. The number of carbonyl (C=O) groups excluding carboxylic acids is 4. The van der Waals surface area contributed by atoms with Crippen LogP contribution in [-0.4, -0.2) is 90.9 Å². The lowest BCUT2D eigenvalue weighted by molar-refractivity contribution is -0.275. The Labute approximate surface area is 410 Å². The van der Waals surface area contributed by atoms with E-state index in [0.717, 1.165) is 24.3 Å². The number of nitrogens with two attached hydrogens (primary N) is 1. The number of carbonyl (C=O) groups is 4. The molecule has 0 saturated carbocycles. The van der Waals surface area contributed by atoms with Crippen molar-refractivity contribution in [3.8, 4) is 57.5 Å². The third kappa shape index (κ3) is 15.0. The van der Waals surface area contributed by atoms with Gasteiger partial charge in [0.15, 0.2) is 46.0 Å². The van der Waals surface area contributed by atoms with Crippen LogP contribution in [0.2, 0.25) is 0 Å². The van der Waals surface area contributed by atoms with Gasteiger partial charge >= 0.3 is 18.7 Å². The van der Waals surface area contributed by atoms with Crippen molar-refractivity contribution < 1.29 is 88.2 Å². The summed E-state index contributed by atoms with van der Waals surface area (Å²) in [7, 11) is 3.66. The smallest absolute Gasteiger partial charge is 0.493 e. The standard InChI is InChI=1S/C24H22F3N3O7.C23H21F3N4O6/c1-5-35-21-13(2)29-12-19(36-17-7-6-15(11-18(17)33-3)37-24(25,26)27)20(21)22(31)30-14-8-9-28-16(10-14)23(32)34-4;1-4-34-20-12(2)29-11-18(19(20)22(32)30-13-7-8-28-15(9-13)21(27)31)35-16-6-5-14(10-17(16)33-3)36-23(24,25)26/h6-12H,5H2,1-4H3,(H,28,30,31);5-11H,4H2,1-3H3,(H2,27,31)(H,28,30,32). The minimum Gasteiger partial charge on any atom is -0.493 e. The van der Waals surface area contributed by atoms with Crippen molar-refractivity contribution in [2.45, 2.75) is 40.4 Å². The van der Waals surface area contributed by atoms with Crippen LogP contribution in [-0.2, 0) is 4.74 Å². The summed E-state index contributed by atoms with van der Waals surface area (Å²) >= 11 is 0. The first-order valence-corrected chi connectivity index (χ1v) is 21.0. The first kappa shape index (κ1) is 54.8. The topological polar surface area (TPSA) is 253 Å². The van der Waals surface area contributed by atoms with Crippen molar-refractivity contribution in [3.63, 3.8) is 0 Å². The molecule has 0 bridgehead atoms. The zero-order valence-corrected chi connectivity index (χ0v) is 39.4. The SMILES string of the molecule is CCOc1c(C)ncc(Oc2ccc(OC(F)(F)F)cc2OC)c1C(=O)Nc1ccnc(C(=O)OC)c1.CCOc1c(C)ncc(Oc2ccc(OC(F)(F)F)cc2OC)c1C(=O)Nc1ccnc(C(N)=O)c1. The first-order chi connectivity index (χ1) is 34.6. The number of aryl methyl sites for hydroxylation is 2. The van der Waals surface area contributed by atoms with Crippen LogP contribution in [0.15, 0.2) is 85.5 Å². The van der Waals surface area contributed by atoms with Crippen molar-refractivity contribution in [1.29, 1.82) is 0 Å². The summed E-state index contributed by atoms with van der Waals surface area (Å²) in [5.74, 6) is -4.02. The normalized spacial score (nSPS) is 10.9. The summed E-state index contributed by atoms with van der Waals surface area (Å²) in [5.41, 5.74) is 6.25. The van der Waals surface area contributed by atoms with E-state index in [0.29, 0.717) is 11.4 Å². The van der Waals surface area contributed by atoms with Crippen molar-refractivity contribution >= 4 is 35.1 Å². The highest BCUT2D eigenvalue weighted by atomic mass is 19.4.